The lowest BCUT2D eigenvalue weighted by molar-refractivity contribution is -0.0853. The number of rotatable bonds is 12. The first-order valence-electron chi connectivity index (χ1n) is 5.33. The highest BCUT2D eigenvalue weighted by molar-refractivity contribution is 6.60. The third-order valence-electron chi connectivity index (χ3n) is 1.88. The van der Waals surface area contributed by atoms with Crippen LogP contribution < -0.4 is 5.73 Å². The number of nitrogens with two attached hydrogens (primary N) is 1. The van der Waals surface area contributed by atoms with Crippen LogP contribution in [-0.2, 0) is 27.5 Å². The summed E-state index contributed by atoms with van der Waals surface area (Å²) in [7, 11) is 1.77. The largest absolute Gasteiger partial charge is 0.506 e. The van der Waals surface area contributed by atoms with Gasteiger partial charge in [-0.05, 0) is 13.0 Å². The Bertz CT molecular complexity index is 136. The van der Waals surface area contributed by atoms with Crippen LogP contribution in [0.15, 0.2) is 0 Å². The van der Waals surface area contributed by atoms with Crippen LogP contribution in [0.4, 0.5) is 0 Å². The van der Waals surface area contributed by atoms with Gasteiger partial charge in [-0.25, -0.2) is 0 Å². The van der Waals surface area contributed by atoms with Gasteiger partial charge in [0.2, 0.25) is 0 Å². The number of ether oxygens (including phenoxy) is 3. The van der Waals surface area contributed by atoms with Crippen LogP contribution in [0, 0.1) is 0 Å². The molecule has 0 bridgehead atoms. The molecule has 0 spiro atoms. The molecular formula is C9H23NO6Si. The Morgan fingerprint density at radius 3 is 1.53 bits per heavy atom. The summed E-state index contributed by atoms with van der Waals surface area (Å²) >= 11 is 0. The first-order chi connectivity index (χ1) is 8.24. The van der Waals surface area contributed by atoms with Crippen LogP contribution in [0.2, 0.25) is 6.04 Å². The van der Waals surface area contributed by atoms with Crippen molar-refractivity contribution in [2.45, 2.75) is 12.5 Å². The average molecular weight is 269 g/mol. The van der Waals surface area contributed by atoms with E-state index in [1.807, 2.05) is 0 Å². The number of methoxy groups -OCH3 is 3. The van der Waals surface area contributed by atoms with Gasteiger partial charge < -0.3 is 33.2 Å². The van der Waals surface area contributed by atoms with E-state index in [4.69, 9.17) is 33.2 Å². The van der Waals surface area contributed by atoms with Crippen molar-refractivity contribution in [2.75, 3.05) is 48.3 Å². The smallest absolute Gasteiger partial charge is 0.360 e. The molecule has 0 rings (SSSR count). The van der Waals surface area contributed by atoms with Gasteiger partial charge in [-0.15, -0.1) is 0 Å². The molecular weight excluding hydrogens is 246 g/mol. The molecule has 0 heterocycles. The van der Waals surface area contributed by atoms with E-state index < -0.39 is 8.80 Å². The zero-order chi connectivity index (χ0) is 13.0. The van der Waals surface area contributed by atoms with E-state index in [-0.39, 0.29) is 20.4 Å². The predicted octanol–water partition coefficient (Wildman–Crippen LogP) is 0.136. The first-order valence-corrected chi connectivity index (χ1v) is 7.26. The third kappa shape index (κ3) is 7.79. The van der Waals surface area contributed by atoms with Crippen molar-refractivity contribution in [2.24, 2.45) is 5.73 Å². The van der Waals surface area contributed by atoms with E-state index in [1.165, 1.54) is 21.3 Å². The molecule has 0 aliphatic carbocycles. The molecule has 0 radical (unpaired) electrons. The Kier molecular flexibility index (Phi) is 11.0. The van der Waals surface area contributed by atoms with Gasteiger partial charge in [0.15, 0.2) is 0 Å². The minimum atomic E-state index is -2.83. The van der Waals surface area contributed by atoms with Gasteiger partial charge in [0.25, 0.3) is 0 Å². The summed E-state index contributed by atoms with van der Waals surface area (Å²) in [5, 5.41) is 0. The molecule has 0 atom stereocenters. The fraction of sp³-hybridized carbons (Fsp3) is 1.00. The highest BCUT2D eigenvalue weighted by Gasteiger charge is 2.41. The molecule has 8 heteroatoms. The van der Waals surface area contributed by atoms with Crippen molar-refractivity contribution in [3.8, 4) is 0 Å². The van der Waals surface area contributed by atoms with Crippen LogP contribution in [-0.4, -0.2) is 57.1 Å². The summed E-state index contributed by atoms with van der Waals surface area (Å²) < 4.78 is 31.3. The molecule has 0 aromatic rings. The van der Waals surface area contributed by atoms with Crippen molar-refractivity contribution in [1.29, 1.82) is 0 Å². The monoisotopic (exact) mass is 269 g/mol. The second-order valence-electron chi connectivity index (χ2n) is 3.23. The third-order valence-corrected chi connectivity index (χ3v) is 4.52. The number of hydrogen-bond acceptors (Lipinski definition) is 7. The summed E-state index contributed by atoms with van der Waals surface area (Å²) in [6.45, 7) is 0.844. The van der Waals surface area contributed by atoms with Gasteiger partial charge >= 0.3 is 8.80 Å². The summed E-state index contributed by atoms with van der Waals surface area (Å²) in [5.74, 6) is 0. The zero-order valence-corrected chi connectivity index (χ0v) is 11.8. The molecule has 0 saturated carbocycles. The summed E-state index contributed by atoms with van der Waals surface area (Å²) in [4.78, 5) is 0. The highest BCUT2D eigenvalue weighted by atomic mass is 28.4. The van der Waals surface area contributed by atoms with E-state index in [9.17, 15) is 0 Å². The second kappa shape index (κ2) is 11.1. The summed E-state index contributed by atoms with van der Waals surface area (Å²) in [6.07, 6.45) is 0.739. The maximum Gasteiger partial charge on any atom is 0.506 e. The maximum atomic E-state index is 5.54. The molecule has 0 aromatic heterocycles. The average Bonchev–Trinajstić information content (AvgIpc) is 2.37. The first kappa shape index (κ1) is 16.9. The van der Waals surface area contributed by atoms with Crippen LogP contribution in [0.1, 0.15) is 6.42 Å². The Labute approximate surface area is 103 Å². The standard InChI is InChI=1S/C9H23NO6Si/c1-11-7-14-17(6-4-5-10,15-8-12-2)16-9-13-3/h4-10H2,1-3H3. The lowest BCUT2D eigenvalue weighted by Crippen LogP contribution is -2.47. The summed E-state index contributed by atoms with van der Waals surface area (Å²) in [6, 6.07) is 0.597. The van der Waals surface area contributed by atoms with E-state index >= 15 is 0 Å². The molecule has 0 unspecified atom stereocenters. The molecule has 0 aliphatic heterocycles. The van der Waals surface area contributed by atoms with Gasteiger partial charge in [0.1, 0.15) is 20.4 Å². The molecule has 0 aromatic carbocycles. The quantitative estimate of drug-likeness (QED) is 0.398. The maximum absolute atomic E-state index is 5.54. The second-order valence-corrected chi connectivity index (χ2v) is 5.96. The lowest BCUT2D eigenvalue weighted by atomic mass is 10.5. The molecule has 2 N–H and O–H groups in total. The minimum absolute atomic E-state index is 0.101. The minimum Gasteiger partial charge on any atom is -0.360 e. The molecule has 0 saturated heterocycles. The van der Waals surface area contributed by atoms with Gasteiger partial charge in [-0.2, -0.15) is 0 Å². The van der Waals surface area contributed by atoms with Crippen molar-refractivity contribution in [3.05, 3.63) is 0 Å². The molecule has 104 valence electrons. The summed E-state index contributed by atoms with van der Waals surface area (Å²) in [5.41, 5.74) is 5.48. The Balaban J connectivity index is 4.39. The van der Waals surface area contributed by atoms with Crippen molar-refractivity contribution in [3.63, 3.8) is 0 Å². The lowest BCUT2D eigenvalue weighted by Gasteiger charge is -2.28. The Morgan fingerprint density at radius 2 is 1.24 bits per heavy atom. The molecule has 0 amide bonds. The predicted molar refractivity (Wildman–Crippen MR) is 63.1 cm³/mol. The van der Waals surface area contributed by atoms with Gasteiger partial charge in [-0.1, -0.05) is 0 Å². The van der Waals surface area contributed by atoms with E-state index in [0.717, 1.165) is 6.42 Å². The fourth-order valence-electron chi connectivity index (χ4n) is 1.11. The van der Waals surface area contributed by atoms with Crippen molar-refractivity contribution >= 4 is 8.80 Å². The SMILES string of the molecule is COCO[Si](CCCN)(OCOC)OCOC. The topological polar surface area (TPSA) is 81.4 Å². The van der Waals surface area contributed by atoms with Crippen molar-refractivity contribution < 1.29 is 27.5 Å². The fourth-order valence-corrected chi connectivity index (χ4v) is 3.32. The molecule has 0 fully saturated rings. The van der Waals surface area contributed by atoms with Gasteiger partial charge in [-0.3, -0.25) is 0 Å². The van der Waals surface area contributed by atoms with Crippen LogP contribution in [0.3, 0.4) is 0 Å². The highest BCUT2D eigenvalue weighted by Crippen LogP contribution is 2.17. The molecule has 7 nitrogen and oxygen atoms in total. The van der Waals surface area contributed by atoms with Crippen molar-refractivity contribution in [1.82, 2.24) is 0 Å². The van der Waals surface area contributed by atoms with Gasteiger partial charge in [0.05, 0.1) is 0 Å². The normalized spacial score (nSPS) is 12.0. The molecule has 0 aliphatic rings. The van der Waals surface area contributed by atoms with E-state index in [1.54, 1.807) is 0 Å². The van der Waals surface area contributed by atoms with E-state index in [0.29, 0.717) is 12.6 Å². The van der Waals surface area contributed by atoms with Crippen LogP contribution >= 0.6 is 0 Å². The van der Waals surface area contributed by atoms with Crippen LogP contribution in [0.5, 0.6) is 0 Å². The zero-order valence-electron chi connectivity index (χ0n) is 10.8. The Morgan fingerprint density at radius 1 is 0.824 bits per heavy atom. The number of hydrogen-bond donors (Lipinski definition) is 1. The van der Waals surface area contributed by atoms with Gasteiger partial charge in [0, 0.05) is 27.4 Å². The van der Waals surface area contributed by atoms with Crippen LogP contribution in [0.25, 0.3) is 0 Å². The Hall–Kier alpha value is -0.0631. The van der Waals surface area contributed by atoms with E-state index in [2.05, 4.69) is 0 Å². The molecule has 17 heavy (non-hydrogen) atoms.